The van der Waals surface area contributed by atoms with E-state index in [4.69, 9.17) is 14.2 Å². The fourth-order valence-electron chi connectivity index (χ4n) is 3.77. The van der Waals surface area contributed by atoms with E-state index in [0.29, 0.717) is 30.1 Å². The third-order valence-corrected chi connectivity index (χ3v) is 7.28. The van der Waals surface area contributed by atoms with Crippen LogP contribution in [-0.4, -0.2) is 62.9 Å². The third-order valence-electron chi connectivity index (χ3n) is 5.71. The van der Waals surface area contributed by atoms with Gasteiger partial charge in [0, 0.05) is 37.0 Å². The monoisotopic (exact) mass is 488 g/mol. The van der Waals surface area contributed by atoms with Gasteiger partial charge in [-0.25, -0.2) is 8.42 Å². The van der Waals surface area contributed by atoms with E-state index >= 15 is 0 Å². The Kier molecular flexibility index (Phi) is 7.71. The van der Waals surface area contributed by atoms with Gasteiger partial charge in [0.15, 0.2) is 11.5 Å². The van der Waals surface area contributed by atoms with Crippen LogP contribution in [-0.2, 0) is 14.8 Å². The highest BCUT2D eigenvalue weighted by Gasteiger charge is 2.30. The van der Waals surface area contributed by atoms with Gasteiger partial charge in [-0.2, -0.15) is 4.31 Å². The number of amides is 1. The second-order valence-corrected chi connectivity index (χ2v) is 9.98. The Balaban J connectivity index is 1.18. The Hall–Kier alpha value is -3.08. The highest BCUT2D eigenvalue weighted by atomic mass is 32.2. The highest BCUT2D eigenvalue weighted by Crippen LogP contribution is 2.35. The second kappa shape index (κ2) is 10.9. The van der Waals surface area contributed by atoms with Gasteiger partial charge in [0.05, 0.1) is 0 Å². The fourth-order valence-corrected chi connectivity index (χ4v) is 4.99. The van der Waals surface area contributed by atoms with Crippen LogP contribution in [0.1, 0.15) is 18.4 Å². The molecule has 0 spiro atoms. The predicted octanol–water partition coefficient (Wildman–Crippen LogP) is 1.98. The Morgan fingerprint density at radius 1 is 1.15 bits per heavy atom. The maximum atomic E-state index is 12.6. The summed E-state index contributed by atoms with van der Waals surface area (Å²) in [6, 6.07) is 14.4. The number of hydrogen-bond acceptors (Lipinski definition) is 7. The number of nitrogens with one attached hydrogen (secondary N) is 1. The molecular weight excluding hydrogens is 460 g/mol. The van der Waals surface area contributed by atoms with Crippen molar-refractivity contribution in [2.24, 2.45) is 5.92 Å². The Morgan fingerprint density at radius 3 is 2.65 bits per heavy atom. The molecule has 1 amide bonds. The SMILES string of the molecule is O=C(NCC(O)COc1ccc2c(c1)OCO2)C1CCN(S(=O)(=O)/C=C/c2ccccc2)CC1. The lowest BCUT2D eigenvalue weighted by molar-refractivity contribution is -0.126. The van der Waals surface area contributed by atoms with Crippen LogP contribution in [0.2, 0.25) is 0 Å². The summed E-state index contributed by atoms with van der Waals surface area (Å²) in [5.41, 5.74) is 0.807. The first-order valence-electron chi connectivity index (χ1n) is 11.1. The molecule has 0 bridgehead atoms. The maximum absolute atomic E-state index is 12.6. The molecule has 0 radical (unpaired) electrons. The molecule has 34 heavy (non-hydrogen) atoms. The predicted molar refractivity (Wildman–Crippen MR) is 126 cm³/mol. The number of hydrogen-bond donors (Lipinski definition) is 2. The number of carbonyl (C=O) groups is 1. The molecule has 2 aliphatic heterocycles. The number of nitrogens with zero attached hydrogens (tertiary/aromatic N) is 1. The van der Waals surface area contributed by atoms with Gasteiger partial charge in [0.1, 0.15) is 18.5 Å². The van der Waals surface area contributed by atoms with Crippen molar-refractivity contribution < 1.29 is 32.5 Å². The number of fused-ring (bicyclic) bond motifs is 1. The lowest BCUT2D eigenvalue weighted by Gasteiger charge is -2.29. The molecule has 1 atom stereocenters. The summed E-state index contributed by atoms with van der Waals surface area (Å²) in [4.78, 5) is 12.5. The first kappa shape index (κ1) is 24.1. The number of piperidine rings is 1. The molecule has 10 heteroatoms. The van der Waals surface area contributed by atoms with Gasteiger partial charge in [0.25, 0.3) is 0 Å². The van der Waals surface area contributed by atoms with Gasteiger partial charge in [-0.1, -0.05) is 30.3 Å². The normalized spacial score (nSPS) is 17.6. The Bertz CT molecular complexity index is 1110. The van der Waals surface area contributed by atoms with Gasteiger partial charge in [0.2, 0.25) is 22.7 Å². The van der Waals surface area contributed by atoms with E-state index in [2.05, 4.69) is 5.32 Å². The van der Waals surface area contributed by atoms with Gasteiger partial charge in [-0.15, -0.1) is 0 Å². The van der Waals surface area contributed by atoms with E-state index in [0.717, 1.165) is 5.56 Å². The van der Waals surface area contributed by atoms with E-state index in [-0.39, 0.29) is 44.9 Å². The van der Waals surface area contributed by atoms with Gasteiger partial charge in [-0.3, -0.25) is 4.79 Å². The molecule has 9 nitrogen and oxygen atoms in total. The number of sulfonamides is 1. The fraction of sp³-hybridized carbons (Fsp3) is 0.375. The minimum atomic E-state index is -3.55. The van der Waals surface area contributed by atoms with Crippen molar-refractivity contribution in [2.45, 2.75) is 18.9 Å². The molecule has 0 saturated carbocycles. The number of benzene rings is 2. The van der Waals surface area contributed by atoms with Crippen LogP contribution in [0, 0.1) is 5.92 Å². The first-order valence-corrected chi connectivity index (χ1v) is 12.6. The molecule has 1 fully saturated rings. The van der Waals surface area contributed by atoms with Crippen LogP contribution < -0.4 is 19.5 Å². The van der Waals surface area contributed by atoms with Crippen molar-refractivity contribution in [3.05, 3.63) is 59.5 Å². The summed E-state index contributed by atoms with van der Waals surface area (Å²) >= 11 is 0. The van der Waals surface area contributed by atoms with Crippen LogP contribution in [0.3, 0.4) is 0 Å². The van der Waals surface area contributed by atoms with Crippen molar-refractivity contribution in [3.63, 3.8) is 0 Å². The maximum Gasteiger partial charge on any atom is 0.236 e. The summed E-state index contributed by atoms with van der Waals surface area (Å²) in [7, 11) is -3.55. The molecule has 2 N–H and O–H groups in total. The quantitative estimate of drug-likeness (QED) is 0.555. The lowest BCUT2D eigenvalue weighted by Crippen LogP contribution is -2.44. The molecule has 4 rings (SSSR count). The number of rotatable bonds is 9. The zero-order valence-corrected chi connectivity index (χ0v) is 19.4. The van der Waals surface area contributed by atoms with E-state index in [9.17, 15) is 18.3 Å². The molecule has 2 heterocycles. The average molecular weight is 489 g/mol. The summed E-state index contributed by atoms with van der Waals surface area (Å²) < 4.78 is 42.6. The van der Waals surface area contributed by atoms with E-state index < -0.39 is 16.1 Å². The number of carbonyl (C=O) groups excluding carboxylic acids is 1. The smallest absolute Gasteiger partial charge is 0.236 e. The zero-order chi connectivity index (χ0) is 24.0. The summed E-state index contributed by atoms with van der Waals surface area (Å²) in [6.07, 6.45) is 1.53. The molecule has 2 aromatic rings. The van der Waals surface area contributed by atoms with E-state index in [1.54, 1.807) is 24.3 Å². The molecule has 1 saturated heterocycles. The van der Waals surface area contributed by atoms with Gasteiger partial charge in [-0.05, 0) is 36.6 Å². The van der Waals surface area contributed by atoms with Crippen molar-refractivity contribution in [2.75, 3.05) is 33.0 Å². The average Bonchev–Trinajstić information content (AvgIpc) is 3.33. The van der Waals surface area contributed by atoms with Crippen molar-refractivity contribution >= 4 is 22.0 Å². The van der Waals surface area contributed by atoms with Crippen molar-refractivity contribution in [1.82, 2.24) is 9.62 Å². The van der Waals surface area contributed by atoms with Gasteiger partial charge >= 0.3 is 0 Å². The van der Waals surface area contributed by atoms with Gasteiger partial charge < -0.3 is 24.6 Å². The summed E-state index contributed by atoms with van der Waals surface area (Å²) in [5.74, 6) is 1.27. The third kappa shape index (κ3) is 6.28. The molecule has 2 aliphatic rings. The van der Waals surface area contributed by atoms with Crippen LogP contribution in [0.5, 0.6) is 17.2 Å². The number of ether oxygens (including phenoxy) is 3. The summed E-state index contributed by atoms with van der Waals surface area (Å²) in [6.45, 7) is 0.763. The Labute approximate surface area is 199 Å². The number of aliphatic hydroxyl groups excluding tert-OH is 1. The second-order valence-electron chi connectivity index (χ2n) is 8.16. The molecule has 0 aromatic heterocycles. The zero-order valence-electron chi connectivity index (χ0n) is 18.6. The molecular formula is C24H28N2O7S. The summed E-state index contributed by atoms with van der Waals surface area (Å²) in [5, 5.41) is 14.1. The Morgan fingerprint density at radius 2 is 1.88 bits per heavy atom. The van der Waals surface area contributed by atoms with Crippen LogP contribution in [0.15, 0.2) is 53.9 Å². The highest BCUT2D eigenvalue weighted by molar-refractivity contribution is 7.92. The molecule has 182 valence electrons. The van der Waals surface area contributed by atoms with Crippen LogP contribution in [0.4, 0.5) is 0 Å². The molecule has 2 aromatic carbocycles. The van der Waals surface area contributed by atoms with Crippen molar-refractivity contribution in [1.29, 1.82) is 0 Å². The van der Waals surface area contributed by atoms with Crippen molar-refractivity contribution in [3.8, 4) is 17.2 Å². The van der Waals surface area contributed by atoms with E-state index in [1.807, 2.05) is 30.3 Å². The van der Waals surface area contributed by atoms with Crippen LogP contribution >= 0.6 is 0 Å². The standard InChI is InChI=1S/C24H28N2O7S/c27-20(16-31-21-6-7-22-23(14-21)33-17-32-22)15-25-24(28)19-8-11-26(12-9-19)34(29,30)13-10-18-4-2-1-3-5-18/h1-7,10,13-14,19-20,27H,8-9,11-12,15-17H2,(H,25,28)/b13-10+. The largest absolute Gasteiger partial charge is 0.491 e. The first-order chi connectivity index (χ1) is 16.4. The minimum absolute atomic E-state index is 0.00433. The molecule has 0 aliphatic carbocycles. The van der Waals surface area contributed by atoms with Crippen LogP contribution in [0.25, 0.3) is 6.08 Å². The number of aliphatic hydroxyl groups is 1. The van der Waals surface area contributed by atoms with E-state index in [1.165, 1.54) is 9.71 Å². The minimum Gasteiger partial charge on any atom is -0.491 e. The topological polar surface area (TPSA) is 114 Å². The lowest BCUT2D eigenvalue weighted by atomic mass is 9.97. The molecule has 1 unspecified atom stereocenters.